The molecule has 2 aromatic rings. The lowest BCUT2D eigenvalue weighted by Crippen LogP contribution is -2.53. The molecule has 0 bridgehead atoms. The zero-order valence-electron chi connectivity index (χ0n) is 17.3. The Morgan fingerprint density at radius 2 is 1.93 bits per heavy atom. The quantitative estimate of drug-likeness (QED) is 0.750. The van der Waals surface area contributed by atoms with Gasteiger partial charge in [0.05, 0.1) is 17.2 Å². The first-order chi connectivity index (χ1) is 14.5. The first-order valence-corrected chi connectivity index (χ1v) is 12.4. The van der Waals surface area contributed by atoms with Crippen LogP contribution in [-0.2, 0) is 23.0 Å². The summed E-state index contributed by atoms with van der Waals surface area (Å²) in [5.41, 5.74) is 2.12. The van der Waals surface area contributed by atoms with Gasteiger partial charge in [-0.2, -0.15) is 4.31 Å². The Labute approximate surface area is 178 Å². The Kier molecular flexibility index (Phi) is 5.29. The second-order valence-electron chi connectivity index (χ2n) is 8.95. The molecule has 4 heterocycles. The number of pyridine rings is 1. The summed E-state index contributed by atoms with van der Waals surface area (Å²) >= 11 is 0. The van der Waals surface area contributed by atoms with Gasteiger partial charge in [0.15, 0.2) is 0 Å². The lowest BCUT2D eigenvalue weighted by Gasteiger charge is -2.48. The fraction of sp³-hybridized carbons (Fsp3) is 0.522. The van der Waals surface area contributed by atoms with E-state index in [-0.39, 0.29) is 5.41 Å². The van der Waals surface area contributed by atoms with Crippen LogP contribution in [0.2, 0.25) is 0 Å². The predicted octanol–water partition coefficient (Wildman–Crippen LogP) is 3.08. The molecule has 1 spiro atoms. The van der Waals surface area contributed by atoms with Crippen molar-refractivity contribution in [3.05, 3.63) is 53.9 Å². The third kappa shape index (κ3) is 3.86. The number of hydrogen-bond acceptors (Lipinski definition) is 5. The molecule has 0 amide bonds. The molecule has 7 heteroatoms. The Balaban J connectivity index is 1.33. The van der Waals surface area contributed by atoms with Crippen molar-refractivity contribution in [2.24, 2.45) is 5.41 Å². The number of likely N-dealkylation sites (tertiary alicyclic amines) is 1. The maximum Gasteiger partial charge on any atom is 0.243 e. The summed E-state index contributed by atoms with van der Waals surface area (Å²) in [7, 11) is -3.49. The largest absolute Gasteiger partial charge is 0.493 e. The molecule has 1 aromatic heterocycles. The molecule has 2 fully saturated rings. The summed E-state index contributed by atoms with van der Waals surface area (Å²) in [4.78, 5) is 7.33. The van der Waals surface area contributed by atoms with Crippen molar-refractivity contribution in [1.29, 1.82) is 0 Å². The molecule has 1 atom stereocenters. The number of hydrogen-bond donors (Lipinski definition) is 0. The number of ether oxygens (including phenoxy) is 1. The van der Waals surface area contributed by atoms with Gasteiger partial charge in [-0.3, -0.25) is 9.88 Å². The van der Waals surface area contributed by atoms with Gasteiger partial charge in [0.1, 0.15) is 5.75 Å². The number of sulfonamides is 1. The van der Waals surface area contributed by atoms with Crippen molar-refractivity contribution in [1.82, 2.24) is 14.2 Å². The Morgan fingerprint density at radius 1 is 1.07 bits per heavy atom. The summed E-state index contributed by atoms with van der Waals surface area (Å²) in [5, 5.41) is 0. The molecule has 0 N–H and O–H groups in total. The smallest absolute Gasteiger partial charge is 0.243 e. The normalized spacial score (nSPS) is 25.2. The molecule has 3 aliphatic rings. The highest BCUT2D eigenvalue weighted by atomic mass is 32.2. The van der Waals surface area contributed by atoms with Gasteiger partial charge in [0, 0.05) is 38.8 Å². The number of aromatic nitrogens is 1. The molecule has 0 saturated carbocycles. The second-order valence-corrected chi connectivity index (χ2v) is 10.9. The van der Waals surface area contributed by atoms with Crippen LogP contribution in [0.15, 0.2) is 47.5 Å². The highest BCUT2D eigenvalue weighted by Gasteiger charge is 2.42. The highest BCUT2D eigenvalue weighted by Crippen LogP contribution is 2.40. The molecule has 3 aliphatic heterocycles. The first-order valence-electron chi connectivity index (χ1n) is 10.9. The van der Waals surface area contributed by atoms with E-state index in [1.54, 1.807) is 10.4 Å². The summed E-state index contributed by atoms with van der Waals surface area (Å²) in [6.07, 6.45) is 6.84. The van der Waals surface area contributed by atoms with E-state index >= 15 is 0 Å². The Morgan fingerprint density at radius 3 is 2.77 bits per heavy atom. The minimum Gasteiger partial charge on any atom is -0.493 e. The Bertz CT molecular complexity index is 1010. The third-order valence-corrected chi connectivity index (χ3v) is 8.62. The second kappa shape index (κ2) is 7.94. The Hall–Kier alpha value is -1.96. The van der Waals surface area contributed by atoms with Crippen LogP contribution < -0.4 is 4.74 Å². The van der Waals surface area contributed by atoms with Crippen LogP contribution in [0.25, 0.3) is 0 Å². The van der Waals surface area contributed by atoms with Crippen molar-refractivity contribution >= 4 is 10.0 Å². The van der Waals surface area contributed by atoms with E-state index in [0.29, 0.717) is 24.6 Å². The van der Waals surface area contributed by atoms with Crippen molar-refractivity contribution in [2.75, 3.05) is 32.8 Å². The monoisotopic (exact) mass is 427 g/mol. The van der Waals surface area contributed by atoms with Crippen LogP contribution in [0.1, 0.15) is 36.9 Å². The van der Waals surface area contributed by atoms with Crippen molar-refractivity contribution in [3.63, 3.8) is 0 Å². The van der Waals surface area contributed by atoms with Gasteiger partial charge < -0.3 is 4.74 Å². The lowest BCUT2D eigenvalue weighted by atomic mass is 9.74. The van der Waals surface area contributed by atoms with Gasteiger partial charge >= 0.3 is 0 Å². The molecular formula is C23H29N3O3S. The fourth-order valence-corrected chi connectivity index (χ4v) is 6.98. The van der Waals surface area contributed by atoms with Crippen LogP contribution in [0.3, 0.4) is 0 Å². The lowest BCUT2D eigenvalue weighted by molar-refractivity contribution is 0.0356. The van der Waals surface area contributed by atoms with Crippen LogP contribution in [0.5, 0.6) is 5.75 Å². The number of piperidine rings is 2. The highest BCUT2D eigenvalue weighted by molar-refractivity contribution is 7.89. The summed E-state index contributed by atoms with van der Waals surface area (Å²) in [5.74, 6) is 0.821. The molecule has 6 nitrogen and oxygen atoms in total. The average Bonchev–Trinajstić information content (AvgIpc) is 3.23. The maximum atomic E-state index is 13.4. The SMILES string of the molecule is O=S(=O)(c1ccc2c(c1)CCO2)N1CCCC2(CCCN(Cc3ccccn3)C2)C1. The van der Waals surface area contributed by atoms with E-state index in [4.69, 9.17) is 4.74 Å². The molecule has 160 valence electrons. The van der Waals surface area contributed by atoms with Gasteiger partial charge in [-0.1, -0.05) is 6.07 Å². The van der Waals surface area contributed by atoms with E-state index in [1.165, 1.54) is 0 Å². The van der Waals surface area contributed by atoms with Crippen LogP contribution in [0.4, 0.5) is 0 Å². The van der Waals surface area contributed by atoms with E-state index in [0.717, 1.165) is 68.7 Å². The number of benzene rings is 1. The summed E-state index contributed by atoms with van der Waals surface area (Å²) in [6, 6.07) is 11.4. The molecule has 0 radical (unpaired) electrons. The van der Waals surface area contributed by atoms with Gasteiger partial charge in [-0.25, -0.2) is 8.42 Å². The molecule has 1 aromatic carbocycles. The van der Waals surface area contributed by atoms with E-state index in [9.17, 15) is 8.42 Å². The average molecular weight is 428 g/mol. The molecule has 1 unspecified atom stereocenters. The molecular weight excluding hydrogens is 398 g/mol. The van der Waals surface area contributed by atoms with Crippen molar-refractivity contribution in [3.8, 4) is 5.75 Å². The van der Waals surface area contributed by atoms with E-state index in [2.05, 4.69) is 16.0 Å². The molecule has 2 saturated heterocycles. The standard InChI is InChI=1S/C23H29N3O3S/c27-30(28,21-6-7-22-19(15-21)8-14-29-22)26-13-4-10-23(18-26)9-3-12-25(17-23)16-20-5-1-2-11-24-20/h1-2,5-7,11,15H,3-4,8-10,12-14,16-18H2. The topological polar surface area (TPSA) is 62.7 Å². The third-order valence-electron chi connectivity index (χ3n) is 6.78. The first kappa shape index (κ1) is 20.0. The van der Waals surface area contributed by atoms with Gasteiger partial charge in [-0.15, -0.1) is 0 Å². The van der Waals surface area contributed by atoms with Gasteiger partial charge in [0.2, 0.25) is 10.0 Å². The summed E-state index contributed by atoms with van der Waals surface area (Å²) in [6.45, 7) is 4.68. The minimum absolute atomic E-state index is 0.0399. The van der Waals surface area contributed by atoms with E-state index < -0.39 is 10.0 Å². The predicted molar refractivity (Wildman–Crippen MR) is 115 cm³/mol. The number of fused-ring (bicyclic) bond motifs is 1. The number of nitrogens with zero attached hydrogens (tertiary/aromatic N) is 3. The van der Waals surface area contributed by atoms with Gasteiger partial charge in [0.25, 0.3) is 0 Å². The molecule has 30 heavy (non-hydrogen) atoms. The van der Waals surface area contributed by atoms with Gasteiger partial charge in [-0.05, 0) is 73.5 Å². The summed E-state index contributed by atoms with van der Waals surface area (Å²) < 4.78 is 34.2. The van der Waals surface area contributed by atoms with Crippen molar-refractivity contribution < 1.29 is 13.2 Å². The van der Waals surface area contributed by atoms with Crippen LogP contribution >= 0.6 is 0 Å². The van der Waals surface area contributed by atoms with Crippen LogP contribution in [0, 0.1) is 5.41 Å². The van der Waals surface area contributed by atoms with E-state index in [1.807, 2.05) is 30.5 Å². The fourth-order valence-electron chi connectivity index (χ4n) is 5.34. The molecule has 0 aliphatic carbocycles. The molecule has 5 rings (SSSR count). The zero-order valence-corrected chi connectivity index (χ0v) is 18.1. The number of rotatable bonds is 4. The van der Waals surface area contributed by atoms with Crippen molar-refractivity contribution in [2.45, 2.75) is 43.5 Å². The minimum atomic E-state index is -3.49. The van der Waals surface area contributed by atoms with Crippen LogP contribution in [-0.4, -0.2) is 55.4 Å². The zero-order chi connectivity index (χ0) is 20.6. The maximum absolute atomic E-state index is 13.4.